The highest BCUT2D eigenvalue weighted by Gasteiger charge is 2.27. The predicted octanol–water partition coefficient (Wildman–Crippen LogP) is 1.59. The molecule has 0 spiro atoms. The molecule has 1 aromatic heterocycles. The van der Waals surface area contributed by atoms with Crippen molar-refractivity contribution in [1.29, 1.82) is 0 Å². The predicted molar refractivity (Wildman–Crippen MR) is 70.9 cm³/mol. The van der Waals surface area contributed by atoms with Gasteiger partial charge in [0.25, 0.3) is 5.91 Å². The van der Waals surface area contributed by atoms with Gasteiger partial charge in [0.2, 0.25) is 5.76 Å². The Labute approximate surface area is 113 Å². The lowest BCUT2D eigenvalue weighted by Gasteiger charge is -2.31. The second-order valence-electron chi connectivity index (χ2n) is 5.75. The molecule has 2 fully saturated rings. The smallest absolute Gasteiger partial charge is 0.292 e. The van der Waals surface area contributed by atoms with Crippen molar-refractivity contribution in [1.82, 2.24) is 15.4 Å². The monoisotopic (exact) mass is 263 g/mol. The Morgan fingerprint density at radius 3 is 2.74 bits per heavy atom. The zero-order valence-electron chi connectivity index (χ0n) is 11.4. The zero-order valence-corrected chi connectivity index (χ0v) is 11.4. The summed E-state index contributed by atoms with van der Waals surface area (Å²) >= 11 is 0. The van der Waals surface area contributed by atoms with Crippen molar-refractivity contribution in [2.75, 3.05) is 19.6 Å². The molecule has 0 atom stereocenters. The number of aromatic nitrogens is 1. The minimum Gasteiger partial charge on any atom is -0.351 e. The maximum absolute atomic E-state index is 12.2. The van der Waals surface area contributed by atoms with Crippen LogP contribution in [0.4, 0.5) is 0 Å². The number of rotatable bonds is 4. The average molecular weight is 263 g/mol. The Morgan fingerprint density at radius 1 is 1.42 bits per heavy atom. The Morgan fingerprint density at radius 2 is 2.16 bits per heavy atom. The molecule has 1 N–H and O–H groups in total. The molecular weight excluding hydrogens is 242 g/mol. The molecule has 1 amide bonds. The van der Waals surface area contributed by atoms with Gasteiger partial charge in [-0.15, -0.1) is 0 Å². The molecule has 0 unspecified atom stereocenters. The molecule has 0 radical (unpaired) electrons. The fraction of sp³-hybridized carbons (Fsp3) is 0.714. The van der Waals surface area contributed by atoms with E-state index in [1.54, 1.807) is 6.07 Å². The van der Waals surface area contributed by atoms with Crippen molar-refractivity contribution < 1.29 is 9.32 Å². The van der Waals surface area contributed by atoms with Gasteiger partial charge in [-0.2, -0.15) is 0 Å². The van der Waals surface area contributed by atoms with E-state index in [2.05, 4.69) is 10.5 Å². The number of carbonyl (C=O) groups is 1. The molecule has 1 saturated heterocycles. The van der Waals surface area contributed by atoms with Gasteiger partial charge in [-0.3, -0.25) is 4.79 Å². The second-order valence-corrected chi connectivity index (χ2v) is 5.75. The fourth-order valence-electron chi connectivity index (χ4n) is 2.56. The largest absolute Gasteiger partial charge is 0.351 e. The van der Waals surface area contributed by atoms with Gasteiger partial charge >= 0.3 is 0 Å². The fourth-order valence-corrected chi connectivity index (χ4v) is 2.56. The highest BCUT2D eigenvalue weighted by Crippen LogP contribution is 2.28. The molecule has 104 valence electrons. The van der Waals surface area contributed by atoms with E-state index >= 15 is 0 Å². The number of nitrogens with zero attached hydrogens (tertiary/aromatic N) is 2. The van der Waals surface area contributed by atoms with Crippen LogP contribution in [-0.2, 0) is 0 Å². The maximum Gasteiger partial charge on any atom is 0.292 e. The number of nitrogens with one attached hydrogen (secondary N) is 1. The SMILES string of the molecule is Cc1cc(C(=O)N2CCC(NCC3CC3)CC2)on1. The molecule has 0 aromatic carbocycles. The number of hydrogen-bond acceptors (Lipinski definition) is 4. The summed E-state index contributed by atoms with van der Waals surface area (Å²) in [4.78, 5) is 14.0. The number of amides is 1. The standard InChI is InChI=1S/C14H21N3O2/c1-10-8-13(19-16-10)14(18)17-6-4-12(5-7-17)15-9-11-2-3-11/h8,11-12,15H,2-7,9H2,1H3. The number of aryl methyl sites for hydroxylation is 1. The van der Waals surface area contributed by atoms with Crippen molar-refractivity contribution >= 4 is 5.91 Å². The summed E-state index contributed by atoms with van der Waals surface area (Å²) in [7, 11) is 0. The van der Waals surface area contributed by atoms with Crippen LogP contribution in [0.1, 0.15) is 41.9 Å². The molecular formula is C14H21N3O2. The van der Waals surface area contributed by atoms with Crippen molar-refractivity contribution in [3.63, 3.8) is 0 Å². The van der Waals surface area contributed by atoms with Crippen LogP contribution in [0.25, 0.3) is 0 Å². The van der Waals surface area contributed by atoms with Crippen molar-refractivity contribution in [3.8, 4) is 0 Å². The Bertz CT molecular complexity index is 445. The molecule has 5 heteroatoms. The molecule has 3 rings (SSSR count). The lowest BCUT2D eigenvalue weighted by molar-refractivity contribution is 0.0663. The summed E-state index contributed by atoms with van der Waals surface area (Å²) in [5.74, 6) is 1.25. The van der Waals surface area contributed by atoms with E-state index in [4.69, 9.17) is 4.52 Å². The van der Waals surface area contributed by atoms with E-state index in [-0.39, 0.29) is 5.91 Å². The van der Waals surface area contributed by atoms with Crippen LogP contribution in [0, 0.1) is 12.8 Å². The van der Waals surface area contributed by atoms with E-state index in [9.17, 15) is 4.79 Å². The van der Waals surface area contributed by atoms with Gasteiger partial charge in [-0.25, -0.2) is 0 Å². The molecule has 1 aromatic rings. The topological polar surface area (TPSA) is 58.4 Å². The van der Waals surface area contributed by atoms with Crippen molar-refractivity contribution in [2.45, 2.75) is 38.6 Å². The van der Waals surface area contributed by atoms with Crippen LogP contribution in [0.15, 0.2) is 10.6 Å². The van der Waals surface area contributed by atoms with Crippen LogP contribution in [0.2, 0.25) is 0 Å². The molecule has 2 heterocycles. The minimum atomic E-state index is -0.0266. The lowest BCUT2D eigenvalue weighted by Crippen LogP contribution is -2.45. The second kappa shape index (κ2) is 5.33. The first-order valence-electron chi connectivity index (χ1n) is 7.18. The van der Waals surface area contributed by atoms with Crippen molar-refractivity contribution in [2.24, 2.45) is 5.92 Å². The van der Waals surface area contributed by atoms with Crippen LogP contribution in [0.5, 0.6) is 0 Å². The highest BCUT2D eigenvalue weighted by molar-refractivity contribution is 5.91. The molecule has 1 aliphatic heterocycles. The minimum absolute atomic E-state index is 0.0266. The molecule has 1 saturated carbocycles. The summed E-state index contributed by atoms with van der Waals surface area (Å²) in [6.07, 6.45) is 4.83. The Kier molecular flexibility index (Phi) is 3.55. The number of likely N-dealkylation sites (tertiary alicyclic amines) is 1. The van der Waals surface area contributed by atoms with Gasteiger partial charge in [-0.1, -0.05) is 5.16 Å². The third-order valence-corrected chi connectivity index (χ3v) is 4.01. The van der Waals surface area contributed by atoms with E-state index in [0.29, 0.717) is 11.8 Å². The number of piperidine rings is 1. The van der Waals surface area contributed by atoms with E-state index in [1.807, 2.05) is 11.8 Å². The molecule has 0 bridgehead atoms. The van der Waals surface area contributed by atoms with Gasteiger partial charge in [0.15, 0.2) is 0 Å². The number of hydrogen-bond donors (Lipinski definition) is 1. The molecule has 2 aliphatic rings. The first kappa shape index (κ1) is 12.7. The van der Waals surface area contributed by atoms with Gasteiger partial charge in [-0.05, 0) is 45.1 Å². The quantitative estimate of drug-likeness (QED) is 0.896. The summed E-state index contributed by atoms with van der Waals surface area (Å²) < 4.78 is 5.04. The van der Waals surface area contributed by atoms with E-state index < -0.39 is 0 Å². The van der Waals surface area contributed by atoms with Crippen LogP contribution >= 0.6 is 0 Å². The average Bonchev–Trinajstić information content (AvgIpc) is 3.17. The summed E-state index contributed by atoms with van der Waals surface area (Å²) in [5, 5.41) is 7.38. The van der Waals surface area contributed by atoms with Gasteiger partial charge in [0, 0.05) is 25.2 Å². The van der Waals surface area contributed by atoms with Crippen LogP contribution in [0.3, 0.4) is 0 Å². The highest BCUT2D eigenvalue weighted by atomic mass is 16.5. The van der Waals surface area contributed by atoms with Gasteiger partial charge in [0.05, 0.1) is 5.69 Å². The lowest BCUT2D eigenvalue weighted by atomic mass is 10.0. The summed E-state index contributed by atoms with van der Waals surface area (Å²) in [5.41, 5.74) is 0.754. The first-order valence-corrected chi connectivity index (χ1v) is 7.18. The first-order chi connectivity index (χ1) is 9.22. The van der Waals surface area contributed by atoms with E-state index in [0.717, 1.165) is 44.1 Å². The third-order valence-electron chi connectivity index (χ3n) is 4.01. The normalized spacial score (nSPS) is 20.8. The molecule has 5 nitrogen and oxygen atoms in total. The van der Waals surface area contributed by atoms with E-state index in [1.165, 1.54) is 12.8 Å². The molecule has 19 heavy (non-hydrogen) atoms. The van der Waals surface area contributed by atoms with Gasteiger partial charge in [0.1, 0.15) is 0 Å². The molecule has 1 aliphatic carbocycles. The summed E-state index contributed by atoms with van der Waals surface area (Å²) in [6, 6.07) is 2.28. The maximum atomic E-state index is 12.2. The van der Waals surface area contributed by atoms with Crippen molar-refractivity contribution in [3.05, 3.63) is 17.5 Å². The Balaban J connectivity index is 1.47. The third kappa shape index (κ3) is 3.15. The van der Waals surface area contributed by atoms with Gasteiger partial charge < -0.3 is 14.7 Å². The Hall–Kier alpha value is -1.36. The zero-order chi connectivity index (χ0) is 13.2. The number of carbonyl (C=O) groups excluding carboxylic acids is 1. The summed E-state index contributed by atoms with van der Waals surface area (Å²) in [6.45, 7) is 4.59. The van der Waals surface area contributed by atoms with Crippen LogP contribution in [-0.4, -0.2) is 41.6 Å². The van der Waals surface area contributed by atoms with Crippen LogP contribution < -0.4 is 5.32 Å².